The normalized spacial score (nSPS) is 9.45. The van der Waals surface area contributed by atoms with Crippen molar-refractivity contribution in [3.05, 3.63) is 24.3 Å². The first-order chi connectivity index (χ1) is 10.0. The van der Waals surface area contributed by atoms with E-state index in [1.165, 1.54) is 0 Å². The van der Waals surface area contributed by atoms with Crippen LogP contribution in [0.25, 0.3) is 0 Å². The Labute approximate surface area is 122 Å². The zero-order valence-electron chi connectivity index (χ0n) is 10.8. The van der Waals surface area contributed by atoms with Crippen LogP contribution in [0.4, 0.5) is 9.59 Å². The Hall–Kier alpha value is -3.70. The van der Waals surface area contributed by atoms with E-state index >= 15 is 0 Å². The molecule has 12 nitrogen and oxygen atoms in total. The number of carboxylic acid groups (broad SMARTS) is 2. The van der Waals surface area contributed by atoms with Crippen LogP contribution in [0.1, 0.15) is 0 Å². The average Bonchev–Trinajstić information content (AvgIpc) is 2.33. The minimum atomic E-state index is -1.27. The number of rotatable bonds is 4. The molecule has 8 N–H and O–H groups in total. The standard InChI is InChI=1S/2C5H6N2O4/c2*6-5(11)7-3(8)1-2-4(9)10/h2*1-2H,(H,9,10)(H3,6,7,8,11). The van der Waals surface area contributed by atoms with Crippen LogP contribution in [0, 0.1) is 0 Å². The van der Waals surface area contributed by atoms with Gasteiger partial charge in [-0.05, 0) is 0 Å². The molecule has 0 saturated carbocycles. The summed E-state index contributed by atoms with van der Waals surface area (Å²) < 4.78 is 0. The molecular weight excluding hydrogens is 304 g/mol. The van der Waals surface area contributed by atoms with E-state index in [-0.39, 0.29) is 0 Å². The largest absolute Gasteiger partial charge is 0.478 e. The van der Waals surface area contributed by atoms with Gasteiger partial charge in [0.05, 0.1) is 0 Å². The van der Waals surface area contributed by atoms with Crippen molar-refractivity contribution in [1.29, 1.82) is 0 Å². The van der Waals surface area contributed by atoms with Gasteiger partial charge < -0.3 is 21.7 Å². The zero-order chi connectivity index (χ0) is 17.7. The molecule has 0 atom stereocenters. The lowest BCUT2D eigenvalue weighted by molar-refractivity contribution is -0.132. The number of carbonyl (C=O) groups excluding carboxylic acids is 4. The molecule has 12 heteroatoms. The number of imide groups is 2. The van der Waals surface area contributed by atoms with Gasteiger partial charge in [0, 0.05) is 24.3 Å². The Morgan fingerprint density at radius 2 is 0.909 bits per heavy atom. The first-order valence-electron chi connectivity index (χ1n) is 5.07. The predicted octanol–water partition coefficient (Wildman–Crippen LogP) is -2.36. The van der Waals surface area contributed by atoms with Gasteiger partial charge in [0.15, 0.2) is 0 Å². The molecule has 120 valence electrons. The molecule has 0 aromatic rings. The van der Waals surface area contributed by atoms with Gasteiger partial charge in [0.1, 0.15) is 0 Å². The van der Waals surface area contributed by atoms with Crippen LogP contribution < -0.4 is 22.1 Å². The van der Waals surface area contributed by atoms with Gasteiger partial charge in [0.25, 0.3) is 11.8 Å². The van der Waals surface area contributed by atoms with Crippen LogP contribution in [-0.2, 0) is 19.2 Å². The van der Waals surface area contributed by atoms with Crippen molar-refractivity contribution >= 4 is 35.8 Å². The molecule has 0 heterocycles. The number of amides is 6. The summed E-state index contributed by atoms with van der Waals surface area (Å²) >= 11 is 0. The molecule has 0 saturated heterocycles. The maximum absolute atomic E-state index is 10.4. The van der Waals surface area contributed by atoms with Gasteiger partial charge >= 0.3 is 24.0 Å². The highest BCUT2D eigenvalue weighted by Gasteiger charge is 1.99. The molecule has 0 spiro atoms. The Kier molecular flexibility index (Phi) is 10.5. The number of aliphatic carboxylic acids is 2. The minimum absolute atomic E-state index is 0.596. The van der Waals surface area contributed by atoms with Crippen LogP contribution in [0.5, 0.6) is 0 Å². The van der Waals surface area contributed by atoms with Crippen molar-refractivity contribution in [2.45, 2.75) is 0 Å². The lowest BCUT2D eigenvalue weighted by Gasteiger charge is -1.91. The lowest BCUT2D eigenvalue weighted by Crippen LogP contribution is -2.33. The Morgan fingerprint density at radius 3 is 1.09 bits per heavy atom. The number of hydrogen-bond acceptors (Lipinski definition) is 6. The summed E-state index contributed by atoms with van der Waals surface area (Å²) in [7, 11) is 0. The fraction of sp³-hybridized carbons (Fsp3) is 0. The number of primary amides is 2. The van der Waals surface area contributed by atoms with Gasteiger partial charge in [0.2, 0.25) is 0 Å². The van der Waals surface area contributed by atoms with Gasteiger partial charge in [-0.2, -0.15) is 0 Å². The molecular formula is C10H12N4O8. The minimum Gasteiger partial charge on any atom is -0.478 e. The van der Waals surface area contributed by atoms with Gasteiger partial charge in [-0.25, -0.2) is 19.2 Å². The van der Waals surface area contributed by atoms with Crippen LogP contribution in [0.15, 0.2) is 24.3 Å². The van der Waals surface area contributed by atoms with E-state index in [1.54, 1.807) is 10.6 Å². The Bertz CT molecular complexity index is 489. The van der Waals surface area contributed by atoms with Crippen molar-refractivity contribution in [3.63, 3.8) is 0 Å². The third-order valence-electron chi connectivity index (χ3n) is 1.25. The zero-order valence-corrected chi connectivity index (χ0v) is 10.8. The predicted molar refractivity (Wildman–Crippen MR) is 69.0 cm³/mol. The average molecular weight is 316 g/mol. The van der Waals surface area contributed by atoms with E-state index in [4.69, 9.17) is 10.2 Å². The summed E-state index contributed by atoms with van der Waals surface area (Å²) in [5.74, 6) is -4.27. The fourth-order valence-corrected chi connectivity index (χ4v) is 0.620. The second-order valence-corrected chi connectivity index (χ2v) is 3.05. The van der Waals surface area contributed by atoms with Gasteiger partial charge in [-0.3, -0.25) is 20.2 Å². The summed E-state index contributed by atoms with van der Waals surface area (Å²) in [6.07, 6.45) is 2.57. The molecule has 0 aliphatic carbocycles. The number of nitrogens with one attached hydrogen (secondary N) is 2. The number of urea groups is 2. The van der Waals surface area contributed by atoms with Crippen molar-refractivity contribution in [1.82, 2.24) is 10.6 Å². The van der Waals surface area contributed by atoms with Crippen LogP contribution in [0.3, 0.4) is 0 Å². The number of carbonyl (C=O) groups is 6. The molecule has 0 aromatic heterocycles. The SMILES string of the molecule is NC(=O)NC(=O)C=CC(=O)O.NC(=O)NC(=O)C=CC(=O)O. The van der Waals surface area contributed by atoms with Crippen LogP contribution in [0.2, 0.25) is 0 Å². The summed E-state index contributed by atoms with van der Waals surface area (Å²) in [4.78, 5) is 60.3. The molecule has 0 rings (SSSR count). The first kappa shape index (κ1) is 20.6. The molecule has 0 aromatic carbocycles. The van der Waals surface area contributed by atoms with E-state index in [0.29, 0.717) is 24.3 Å². The highest BCUT2D eigenvalue weighted by molar-refractivity contribution is 6.02. The monoisotopic (exact) mass is 316 g/mol. The van der Waals surface area contributed by atoms with Crippen molar-refractivity contribution in [3.8, 4) is 0 Å². The van der Waals surface area contributed by atoms with E-state index < -0.39 is 35.8 Å². The molecule has 0 radical (unpaired) electrons. The molecule has 22 heavy (non-hydrogen) atoms. The highest BCUT2D eigenvalue weighted by atomic mass is 16.4. The van der Waals surface area contributed by atoms with Crippen molar-refractivity contribution in [2.24, 2.45) is 11.5 Å². The summed E-state index contributed by atoms with van der Waals surface area (Å²) in [5.41, 5.74) is 9.10. The second-order valence-electron chi connectivity index (χ2n) is 3.05. The van der Waals surface area contributed by atoms with Crippen molar-refractivity contribution in [2.75, 3.05) is 0 Å². The van der Waals surface area contributed by atoms with E-state index in [9.17, 15) is 28.8 Å². The van der Waals surface area contributed by atoms with Gasteiger partial charge in [-0.1, -0.05) is 0 Å². The molecule has 0 unspecified atom stereocenters. The second kappa shape index (κ2) is 11.2. The molecule has 0 aliphatic heterocycles. The quantitative estimate of drug-likeness (QED) is 0.307. The van der Waals surface area contributed by atoms with E-state index in [2.05, 4.69) is 11.5 Å². The molecule has 0 bridgehead atoms. The topological polar surface area (TPSA) is 219 Å². The van der Waals surface area contributed by atoms with E-state index in [1.807, 2.05) is 0 Å². The molecule has 0 aliphatic rings. The van der Waals surface area contributed by atoms with Crippen LogP contribution >= 0.6 is 0 Å². The van der Waals surface area contributed by atoms with Gasteiger partial charge in [-0.15, -0.1) is 0 Å². The summed E-state index contributed by atoms with van der Waals surface area (Å²) in [6, 6.07) is -2.05. The Balaban J connectivity index is 0. The fourth-order valence-electron chi connectivity index (χ4n) is 0.620. The van der Waals surface area contributed by atoms with Crippen LogP contribution in [-0.4, -0.2) is 46.0 Å². The number of nitrogens with two attached hydrogens (primary N) is 2. The third-order valence-corrected chi connectivity index (χ3v) is 1.25. The highest BCUT2D eigenvalue weighted by Crippen LogP contribution is 1.73. The maximum Gasteiger partial charge on any atom is 0.328 e. The summed E-state index contributed by atoms with van der Waals surface area (Å²) in [5, 5.41) is 19.3. The van der Waals surface area contributed by atoms with Crippen molar-refractivity contribution < 1.29 is 39.0 Å². The molecule has 6 amide bonds. The first-order valence-corrected chi connectivity index (χ1v) is 5.07. The third kappa shape index (κ3) is 18.7. The molecule has 0 fully saturated rings. The van der Waals surface area contributed by atoms with E-state index in [0.717, 1.165) is 0 Å². The number of hydrogen-bond donors (Lipinski definition) is 6. The maximum atomic E-state index is 10.4. The number of carboxylic acids is 2. The smallest absolute Gasteiger partial charge is 0.328 e. The lowest BCUT2D eigenvalue weighted by atomic mass is 10.5. The summed E-state index contributed by atoms with van der Waals surface area (Å²) in [6.45, 7) is 0. The Morgan fingerprint density at radius 1 is 0.636 bits per heavy atom.